The lowest BCUT2D eigenvalue weighted by molar-refractivity contribution is -0.146. The molecular formula is C24H31N3O4. The van der Waals surface area contributed by atoms with Gasteiger partial charge in [0.2, 0.25) is 5.91 Å². The van der Waals surface area contributed by atoms with Crippen molar-refractivity contribution in [3.05, 3.63) is 35.9 Å². The lowest BCUT2D eigenvalue weighted by Gasteiger charge is -2.34. The summed E-state index contributed by atoms with van der Waals surface area (Å²) in [7, 11) is 0. The molecule has 1 aromatic rings. The summed E-state index contributed by atoms with van der Waals surface area (Å²) in [6.45, 7) is 2.90. The van der Waals surface area contributed by atoms with Gasteiger partial charge in [-0.1, -0.05) is 50.1 Å². The zero-order valence-corrected chi connectivity index (χ0v) is 18.2. The standard InChI is InChI=1S/C24H31N3O4/c1-17-7-5-6-10-20(17)27-23(30)22(29)26(24(27)31)16-21(28)25-13-11-19(12-14-25)15-18-8-3-2-4-9-18/h2-4,8-9,17,19-20H,5-7,10-16H2,1H3/t17-,20-/m1/s1. The number of carbonyl (C=O) groups excluding carboxylic acids is 4. The molecule has 3 aliphatic rings. The smallest absolute Gasteiger partial charge is 0.334 e. The predicted molar refractivity (Wildman–Crippen MR) is 115 cm³/mol. The first-order chi connectivity index (χ1) is 15.0. The van der Waals surface area contributed by atoms with E-state index in [-0.39, 0.29) is 24.4 Å². The Hall–Kier alpha value is -2.70. The van der Waals surface area contributed by atoms with Gasteiger partial charge in [0.25, 0.3) is 0 Å². The van der Waals surface area contributed by atoms with E-state index in [0.717, 1.165) is 54.7 Å². The number of rotatable bonds is 5. The molecule has 0 unspecified atom stereocenters. The maximum absolute atomic E-state index is 12.9. The quantitative estimate of drug-likeness (QED) is 0.537. The Morgan fingerprint density at radius 3 is 2.29 bits per heavy atom. The number of carbonyl (C=O) groups is 4. The van der Waals surface area contributed by atoms with Crippen LogP contribution in [0.15, 0.2) is 30.3 Å². The fourth-order valence-electron chi connectivity index (χ4n) is 5.20. The molecule has 31 heavy (non-hydrogen) atoms. The number of amides is 5. The number of imide groups is 2. The molecule has 3 fully saturated rings. The maximum atomic E-state index is 12.9. The highest BCUT2D eigenvalue weighted by Gasteiger charge is 2.49. The molecule has 0 N–H and O–H groups in total. The van der Waals surface area contributed by atoms with Crippen molar-refractivity contribution in [1.82, 2.24) is 14.7 Å². The van der Waals surface area contributed by atoms with Crippen LogP contribution in [0, 0.1) is 11.8 Å². The highest BCUT2D eigenvalue weighted by Crippen LogP contribution is 2.31. The second-order valence-electron chi connectivity index (χ2n) is 9.19. The average Bonchev–Trinajstić information content (AvgIpc) is 2.98. The maximum Gasteiger partial charge on any atom is 0.334 e. The van der Waals surface area contributed by atoms with Gasteiger partial charge in [0.1, 0.15) is 6.54 Å². The molecule has 0 radical (unpaired) electrons. The molecule has 0 aromatic heterocycles. The van der Waals surface area contributed by atoms with Crippen molar-refractivity contribution in [2.45, 2.75) is 57.9 Å². The van der Waals surface area contributed by atoms with Crippen LogP contribution >= 0.6 is 0 Å². The Labute approximate surface area is 183 Å². The molecule has 0 bridgehead atoms. The van der Waals surface area contributed by atoms with Gasteiger partial charge < -0.3 is 4.90 Å². The number of piperidine rings is 1. The second-order valence-corrected chi connectivity index (χ2v) is 9.19. The van der Waals surface area contributed by atoms with Crippen LogP contribution in [0.2, 0.25) is 0 Å². The van der Waals surface area contributed by atoms with Crippen molar-refractivity contribution in [3.8, 4) is 0 Å². The van der Waals surface area contributed by atoms with Gasteiger partial charge >= 0.3 is 17.8 Å². The minimum Gasteiger partial charge on any atom is -0.341 e. The normalized spacial score (nSPS) is 25.5. The van der Waals surface area contributed by atoms with E-state index >= 15 is 0 Å². The van der Waals surface area contributed by atoms with Crippen molar-refractivity contribution < 1.29 is 19.2 Å². The second kappa shape index (κ2) is 9.20. The zero-order chi connectivity index (χ0) is 22.0. The molecule has 0 spiro atoms. The molecule has 1 aliphatic carbocycles. The molecular weight excluding hydrogens is 394 g/mol. The average molecular weight is 426 g/mol. The van der Waals surface area contributed by atoms with E-state index in [4.69, 9.17) is 0 Å². The number of urea groups is 1. The van der Waals surface area contributed by atoms with Crippen LogP contribution in [0.25, 0.3) is 0 Å². The molecule has 166 valence electrons. The molecule has 5 amide bonds. The zero-order valence-electron chi connectivity index (χ0n) is 18.2. The van der Waals surface area contributed by atoms with Gasteiger partial charge in [0, 0.05) is 19.1 Å². The number of likely N-dealkylation sites (tertiary alicyclic amines) is 1. The third kappa shape index (κ3) is 4.50. The minimum absolute atomic E-state index is 0.175. The Balaban J connectivity index is 1.33. The first kappa shape index (κ1) is 21.5. The van der Waals surface area contributed by atoms with Gasteiger partial charge in [0.15, 0.2) is 0 Å². The van der Waals surface area contributed by atoms with Gasteiger partial charge in [-0.05, 0) is 49.5 Å². The molecule has 4 rings (SSSR count). The van der Waals surface area contributed by atoms with Crippen LogP contribution in [-0.2, 0) is 20.8 Å². The first-order valence-electron chi connectivity index (χ1n) is 11.5. The fraction of sp³-hybridized carbons (Fsp3) is 0.583. The molecule has 2 atom stereocenters. The van der Waals surface area contributed by atoms with Crippen LogP contribution in [0.4, 0.5) is 4.79 Å². The van der Waals surface area contributed by atoms with E-state index in [2.05, 4.69) is 12.1 Å². The lowest BCUT2D eigenvalue weighted by atomic mass is 9.85. The highest BCUT2D eigenvalue weighted by atomic mass is 16.2. The predicted octanol–water partition coefficient (Wildman–Crippen LogP) is 2.84. The van der Waals surface area contributed by atoms with Gasteiger partial charge in [-0.2, -0.15) is 0 Å². The minimum atomic E-state index is -0.866. The fourth-order valence-corrected chi connectivity index (χ4v) is 5.20. The van der Waals surface area contributed by atoms with Gasteiger partial charge in [-0.3, -0.25) is 19.3 Å². The topological polar surface area (TPSA) is 78.0 Å². The van der Waals surface area contributed by atoms with E-state index in [0.29, 0.717) is 19.0 Å². The van der Waals surface area contributed by atoms with Crippen LogP contribution in [0.5, 0.6) is 0 Å². The third-order valence-corrected chi connectivity index (χ3v) is 7.11. The van der Waals surface area contributed by atoms with Crippen molar-refractivity contribution in [2.24, 2.45) is 11.8 Å². The molecule has 7 nitrogen and oxygen atoms in total. The Morgan fingerprint density at radius 2 is 1.61 bits per heavy atom. The van der Waals surface area contributed by atoms with E-state index in [9.17, 15) is 19.2 Å². The molecule has 2 aliphatic heterocycles. The Kier molecular flexibility index (Phi) is 6.39. The monoisotopic (exact) mass is 425 g/mol. The summed E-state index contributed by atoms with van der Waals surface area (Å²) >= 11 is 0. The Bertz CT molecular complexity index is 848. The Morgan fingerprint density at radius 1 is 0.935 bits per heavy atom. The lowest BCUT2D eigenvalue weighted by Crippen LogP contribution is -2.48. The van der Waals surface area contributed by atoms with Crippen LogP contribution < -0.4 is 0 Å². The van der Waals surface area contributed by atoms with Crippen LogP contribution in [-0.4, -0.2) is 64.1 Å². The summed E-state index contributed by atoms with van der Waals surface area (Å²) < 4.78 is 0. The van der Waals surface area contributed by atoms with Crippen molar-refractivity contribution in [3.63, 3.8) is 0 Å². The first-order valence-corrected chi connectivity index (χ1v) is 11.5. The number of hydrogen-bond donors (Lipinski definition) is 0. The summed E-state index contributed by atoms with van der Waals surface area (Å²) in [5, 5.41) is 0. The summed E-state index contributed by atoms with van der Waals surface area (Å²) in [5.41, 5.74) is 1.30. The molecule has 2 heterocycles. The van der Waals surface area contributed by atoms with Crippen molar-refractivity contribution in [1.29, 1.82) is 0 Å². The van der Waals surface area contributed by atoms with E-state index in [1.54, 1.807) is 4.90 Å². The summed E-state index contributed by atoms with van der Waals surface area (Å²) in [6, 6.07) is 9.46. The molecule has 1 saturated carbocycles. The number of benzene rings is 1. The van der Waals surface area contributed by atoms with Gasteiger partial charge in [-0.25, -0.2) is 9.69 Å². The molecule has 2 saturated heterocycles. The summed E-state index contributed by atoms with van der Waals surface area (Å²) in [5.74, 6) is -1.21. The van der Waals surface area contributed by atoms with Crippen LogP contribution in [0.3, 0.4) is 0 Å². The van der Waals surface area contributed by atoms with Crippen molar-refractivity contribution >= 4 is 23.8 Å². The van der Waals surface area contributed by atoms with Crippen molar-refractivity contribution in [2.75, 3.05) is 19.6 Å². The highest BCUT2D eigenvalue weighted by molar-refractivity contribution is 6.45. The number of hydrogen-bond acceptors (Lipinski definition) is 4. The van der Waals surface area contributed by atoms with Gasteiger partial charge in [0.05, 0.1) is 0 Å². The SMILES string of the molecule is C[C@@H]1CCCC[C@H]1N1C(=O)C(=O)N(CC(=O)N2CCC(Cc3ccccc3)CC2)C1=O. The third-order valence-electron chi connectivity index (χ3n) is 7.11. The largest absolute Gasteiger partial charge is 0.341 e. The van der Waals surface area contributed by atoms with Gasteiger partial charge in [-0.15, -0.1) is 0 Å². The summed E-state index contributed by atoms with van der Waals surface area (Å²) in [4.78, 5) is 54.4. The molecule has 1 aromatic carbocycles. The van der Waals surface area contributed by atoms with E-state index < -0.39 is 17.8 Å². The number of nitrogens with zero attached hydrogens (tertiary/aromatic N) is 3. The van der Waals surface area contributed by atoms with E-state index in [1.165, 1.54) is 5.56 Å². The van der Waals surface area contributed by atoms with E-state index in [1.807, 2.05) is 25.1 Å². The summed E-state index contributed by atoms with van der Waals surface area (Å²) in [6.07, 6.45) is 6.46. The van der Waals surface area contributed by atoms with Crippen LogP contribution in [0.1, 0.15) is 51.0 Å². The molecule has 7 heteroatoms.